The molecule has 0 aliphatic heterocycles. The van der Waals surface area contributed by atoms with Gasteiger partial charge in [0.25, 0.3) is 10.0 Å². The molecule has 0 radical (unpaired) electrons. The van der Waals surface area contributed by atoms with Gasteiger partial charge in [0.05, 0.1) is 18.4 Å². The second-order valence-corrected chi connectivity index (χ2v) is 11.0. The number of thioether (sulfide) groups is 1. The number of hydrogen-bond acceptors (Lipinski definition) is 6. The minimum Gasteiger partial charge on any atom is -0.495 e. The van der Waals surface area contributed by atoms with E-state index >= 15 is 0 Å². The van der Waals surface area contributed by atoms with E-state index in [1.807, 2.05) is 55.6 Å². The number of sulfonamides is 1. The van der Waals surface area contributed by atoms with Crippen LogP contribution in [0, 0.1) is 5.82 Å². The first-order valence-electron chi connectivity index (χ1n) is 11.0. The van der Waals surface area contributed by atoms with E-state index < -0.39 is 32.4 Å². The van der Waals surface area contributed by atoms with Crippen LogP contribution in [0.3, 0.4) is 0 Å². The van der Waals surface area contributed by atoms with Crippen molar-refractivity contribution in [1.29, 1.82) is 0 Å². The normalized spacial score (nSPS) is 12.9. The fourth-order valence-electron chi connectivity index (χ4n) is 3.66. The summed E-state index contributed by atoms with van der Waals surface area (Å²) in [5.41, 5.74) is 9.09. The maximum atomic E-state index is 14.1. The van der Waals surface area contributed by atoms with E-state index in [4.69, 9.17) is 15.6 Å². The molecule has 0 spiro atoms. The number of anilines is 1. The lowest BCUT2D eigenvalue weighted by Gasteiger charge is -2.14. The molecule has 192 valence electrons. The second-order valence-electron chi connectivity index (χ2n) is 8.14. The van der Waals surface area contributed by atoms with E-state index in [1.54, 1.807) is 0 Å². The lowest BCUT2D eigenvalue weighted by molar-refractivity contribution is 0.0691. The molecular weight excluding hydrogens is 517 g/mol. The third-order valence-corrected chi connectivity index (χ3v) is 8.18. The summed E-state index contributed by atoms with van der Waals surface area (Å²) in [7, 11) is -3.05. The molecule has 1 atom stereocenters. The number of rotatable bonds is 9. The summed E-state index contributed by atoms with van der Waals surface area (Å²) in [6.45, 7) is 1.92. The van der Waals surface area contributed by atoms with Crippen LogP contribution < -0.4 is 15.2 Å². The zero-order valence-corrected chi connectivity index (χ0v) is 21.5. The van der Waals surface area contributed by atoms with Gasteiger partial charge in [-0.25, -0.2) is 9.18 Å². The molecule has 11 heteroatoms. The van der Waals surface area contributed by atoms with Crippen LogP contribution in [0.5, 0.6) is 5.75 Å². The molecule has 0 amide bonds. The Labute approximate surface area is 217 Å². The summed E-state index contributed by atoms with van der Waals surface area (Å²) in [6, 6.07) is 17.8. The Morgan fingerprint density at radius 3 is 2.51 bits per heavy atom. The van der Waals surface area contributed by atoms with E-state index in [-0.39, 0.29) is 16.7 Å². The van der Waals surface area contributed by atoms with Gasteiger partial charge in [0.2, 0.25) is 0 Å². The molecule has 4 aromatic rings. The van der Waals surface area contributed by atoms with Crippen LogP contribution in [0.1, 0.15) is 28.1 Å². The van der Waals surface area contributed by atoms with Crippen molar-refractivity contribution in [3.8, 4) is 16.9 Å². The van der Waals surface area contributed by atoms with Crippen molar-refractivity contribution >= 4 is 44.3 Å². The fourth-order valence-corrected chi connectivity index (χ4v) is 5.55. The molecule has 4 rings (SSSR count). The number of hydrogen-bond donors (Lipinski definition) is 4. The van der Waals surface area contributed by atoms with Crippen LogP contribution in [0.15, 0.2) is 77.3 Å². The average molecular weight is 542 g/mol. The summed E-state index contributed by atoms with van der Waals surface area (Å²) in [6.07, 6.45) is 1.90. The number of aromatic amines is 1. The van der Waals surface area contributed by atoms with Crippen molar-refractivity contribution in [1.82, 2.24) is 4.98 Å². The summed E-state index contributed by atoms with van der Waals surface area (Å²) in [4.78, 5) is 14.3. The van der Waals surface area contributed by atoms with E-state index in [0.29, 0.717) is 0 Å². The molecule has 37 heavy (non-hydrogen) atoms. The standard InChI is InChI=1S/C26H24FN3O5S2/c1-15(16-3-5-17(6-4-16)18-7-8-22-19(11-18)9-10-29-22)36-14-25(28)37(33,34)30-23-13-21(27)20(26(31)32)12-24(23)35-2/h3-15,29-30H,28H2,1-2H3,(H,31,32)/b25-14+. The predicted octanol–water partition coefficient (Wildman–Crippen LogP) is 5.67. The highest BCUT2D eigenvalue weighted by Gasteiger charge is 2.21. The Hall–Kier alpha value is -3.96. The van der Waals surface area contributed by atoms with Gasteiger partial charge in [0, 0.05) is 28.4 Å². The van der Waals surface area contributed by atoms with Crippen LogP contribution in [0.2, 0.25) is 0 Å². The second kappa shape index (κ2) is 10.6. The monoisotopic (exact) mass is 541 g/mol. The maximum absolute atomic E-state index is 14.1. The van der Waals surface area contributed by atoms with Crippen molar-refractivity contribution in [2.45, 2.75) is 12.2 Å². The predicted molar refractivity (Wildman–Crippen MR) is 144 cm³/mol. The lowest BCUT2D eigenvalue weighted by atomic mass is 10.0. The number of carboxylic acids is 1. The third-order valence-electron chi connectivity index (χ3n) is 5.73. The topological polar surface area (TPSA) is 135 Å². The van der Waals surface area contributed by atoms with Crippen LogP contribution in [0.4, 0.5) is 10.1 Å². The first-order valence-corrected chi connectivity index (χ1v) is 13.4. The van der Waals surface area contributed by atoms with Crippen LogP contribution in [-0.2, 0) is 10.0 Å². The minimum absolute atomic E-state index is 0.114. The number of aromatic carboxylic acids is 1. The molecule has 0 fully saturated rings. The Kier molecular flexibility index (Phi) is 7.46. The minimum atomic E-state index is -4.26. The van der Waals surface area contributed by atoms with Gasteiger partial charge in [-0.15, -0.1) is 11.8 Å². The van der Waals surface area contributed by atoms with Gasteiger partial charge in [0.15, 0.2) is 5.03 Å². The lowest BCUT2D eigenvalue weighted by Crippen LogP contribution is -2.21. The molecule has 0 saturated heterocycles. The Balaban J connectivity index is 1.46. The number of benzene rings is 3. The SMILES string of the molecule is COc1cc(C(=O)O)c(F)cc1NS(=O)(=O)/C(N)=C/SC(C)c1ccc(-c2ccc3[nH]ccc3c2)cc1. The zero-order chi connectivity index (χ0) is 26.7. The summed E-state index contributed by atoms with van der Waals surface area (Å²) < 4.78 is 46.7. The van der Waals surface area contributed by atoms with Gasteiger partial charge in [-0.05, 0) is 53.3 Å². The summed E-state index contributed by atoms with van der Waals surface area (Å²) >= 11 is 1.21. The highest BCUT2D eigenvalue weighted by atomic mass is 32.2. The number of carboxylic acid groups (broad SMARTS) is 1. The number of aromatic nitrogens is 1. The average Bonchev–Trinajstić information content (AvgIpc) is 3.35. The number of nitrogens with one attached hydrogen (secondary N) is 2. The van der Waals surface area contributed by atoms with Gasteiger partial charge < -0.3 is 20.6 Å². The molecule has 1 heterocycles. The molecule has 3 aromatic carbocycles. The molecule has 0 aliphatic carbocycles. The zero-order valence-electron chi connectivity index (χ0n) is 19.9. The largest absolute Gasteiger partial charge is 0.495 e. The van der Waals surface area contributed by atoms with Gasteiger partial charge in [-0.3, -0.25) is 4.72 Å². The number of ether oxygens (including phenoxy) is 1. The molecule has 0 saturated carbocycles. The Morgan fingerprint density at radius 1 is 1.14 bits per heavy atom. The van der Waals surface area contributed by atoms with E-state index in [0.717, 1.165) is 39.7 Å². The number of carbonyl (C=O) groups is 1. The number of halogens is 1. The maximum Gasteiger partial charge on any atom is 0.338 e. The number of fused-ring (bicyclic) bond motifs is 1. The van der Waals surface area contributed by atoms with Gasteiger partial charge in [0.1, 0.15) is 11.6 Å². The smallest absolute Gasteiger partial charge is 0.338 e. The highest BCUT2D eigenvalue weighted by molar-refractivity contribution is 8.04. The molecular formula is C26H24FN3O5S2. The molecule has 1 unspecified atom stereocenters. The van der Waals surface area contributed by atoms with Crippen molar-refractivity contribution < 1.29 is 27.4 Å². The van der Waals surface area contributed by atoms with E-state index in [2.05, 4.69) is 15.8 Å². The Morgan fingerprint density at radius 2 is 1.84 bits per heavy atom. The summed E-state index contributed by atoms with van der Waals surface area (Å²) in [5, 5.41) is 10.9. The number of nitrogens with two attached hydrogens (primary N) is 1. The number of H-pyrrole nitrogens is 1. The van der Waals surface area contributed by atoms with Crippen molar-refractivity contribution in [3.05, 3.63) is 94.2 Å². The quantitative estimate of drug-likeness (QED) is 0.214. The third kappa shape index (κ3) is 5.73. The summed E-state index contributed by atoms with van der Waals surface area (Å²) in [5.74, 6) is -2.79. The fraction of sp³-hybridized carbons (Fsp3) is 0.115. The molecule has 0 bridgehead atoms. The van der Waals surface area contributed by atoms with Crippen LogP contribution in [0.25, 0.3) is 22.0 Å². The van der Waals surface area contributed by atoms with E-state index in [9.17, 15) is 17.6 Å². The van der Waals surface area contributed by atoms with Crippen molar-refractivity contribution in [2.75, 3.05) is 11.8 Å². The Bertz CT molecular complexity index is 1600. The number of methoxy groups -OCH3 is 1. The first kappa shape index (κ1) is 26.1. The van der Waals surface area contributed by atoms with Gasteiger partial charge >= 0.3 is 5.97 Å². The van der Waals surface area contributed by atoms with Crippen molar-refractivity contribution in [3.63, 3.8) is 0 Å². The van der Waals surface area contributed by atoms with E-state index in [1.165, 1.54) is 24.3 Å². The van der Waals surface area contributed by atoms with Crippen molar-refractivity contribution in [2.24, 2.45) is 5.73 Å². The van der Waals surface area contributed by atoms with Crippen LogP contribution in [-0.4, -0.2) is 31.6 Å². The highest BCUT2D eigenvalue weighted by Crippen LogP contribution is 2.33. The van der Waals surface area contributed by atoms with Gasteiger partial charge in [-0.1, -0.05) is 30.3 Å². The van der Waals surface area contributed by atoms with Crippen LogP contribution >= 0.6 is 11.8 Å². The molecule has 8 nitrogen and oxygen atoms in total. The molecule has 1 aromatic heterocycles. The van der Waals surface area contributed by atoms with Gasteiger partial charge in [-0.2, -0.15) is 8.42 Å². The molecule has 0 aliphatic rings. The molecule has 5 N–H and O–H groups in total. The first-order chi connectivity index (χ1) is 17.6.